The van der Waals surface area contributed by atoms with Crippen molar-refractivity contribution in [2.24, 2.45) is 11.1 Å². The van der Waals surface area contributed by atoms with E-state index in [1.54, 1.807) is 47.5 Å². The molecule has 7 heteroatoms. The van der Waals surface area contributed by atoms with E-state index in [-0.39, 0.29) is 29.5 Å². The Morgan fingerprint density at radius 2 is 1.75 bits per heavy atom. The van der Waals surface area contributed by atoms with Gasteiger partial charge in [-0.15, -0.1) is 0 Å². The molecule has 3 N–H and O–H groups in total. The lowest BCUT2D eigenvalue weighted by Gasteiger charge is -2.25. The number of hydrogen-bond donors (Lipinski definition) is 2. The van der Waals surface area contributed by atoms with Gasteiger partial charge in [0.25, 0.3) is 11.5 Å². The number of nitrogens with two attached hydrogens (primary N) is 1. The molecule has 1 saturated heterocycles. The van der Waals surface area contributed by atoms with Gasteiger partial charge in [0.05, 0.1) is 6.04 Å². The smallest absolute Gasteiger partial charge is 0.255 e. The molecule has 0 bridgehead atoms. The molecule has 0 radical (unpaired) electrons. The fraction of sp³-hybridized carbons (Fsp3) is 0.381. The van der Waals surface area contributed by atoms with E-state index in [2.05, 4.69) is 5.32 Å². The van der Waals surface area contributed by atoms with Gasteiger partial charge in [-0.25, -0.2) is 0 Å². The van der Waals surface area contributed by atoms with E-state index in [1.165, 1.54) is 10.6 Å². The van der Waals surface area contributed by atoms with Crippen LogP contribution in [-0.4, -0.2) is 46.5 Å². The summed E-state index contributed by atoms with van der Waals surface area (Å²) < 4.78 is 1.50. The lowest BCUT2D eigenvalue weighted by molar-refractivity contribution is -0.138. The highest BCUT2D eigenvalue weighted by molar-refractivity contribution is 5.94. The van der Waals surface area contributed by atoms with Crippen molar-refractivity contribution in [3.8, 4) is 5.69 Å². The Balaban J connectivity index is 1.67. The van der Waals surface area contributed by atoms with Gasteiger partial charge in [0.1, 0.15) is 0 Å². The molecule has 0 spiro atoms. The standard InChI is InChI=1S/C21H26N4O3/c1-21(2,3)20(28)24-12-16(22)17(13-24)23-19(27)14-7-9-15(10-8-14)25-11-5-4-6-18(25)26/h4-11,16-17H,12-13,22H2,1-3H3,(H,23,27). The minimum atomic E-state index is -0.482. The van der Waals surface area contributed by atoms with Gasteiger partial charge in [0.2, 0.25) is 5.91 Å². The minimum Gasteiger partial charge on any atom is -0.346 e. The Bertz CT molecular complexity index is 928. The van der Waals surface area contributed by atoms with Crippen LogP contribution in [0, 0.1) is 5.41 Å². The number of amides is 2. The Labute approximate surface area is 164 Å². The normalized spacial score (nSPS) is 19.5. The SMILES string of the molecule is CC(C)(C)C(=O)N1CC(N)C(NC(=O)c2ccc(-n3ccccc3=O)cc2)C1. The predicted octanol–water partition coefficient (Wildman–Crippen LogP) is 1.15. The Morgan fingerprint density at radius 3 is 2.36 bits per heavy atom. The zero-order valence-electron chi connectivity index (χ0n) is 16.4. The molecule has 28 heavy (non-hydrogen) atoms. The Hall–Kier alpha value is -2.93. The molecule has 1 aromatic carbocycles. The van der Waals surface area contributed by atoms with Crippen LogP contribution in [0.25, 0.3) is 5.69 Å². The summed E-state index contributed by atoms with van der Waals surface area (Å²) in [6, 6.07) is 11.1. The molecular weight excluding hydrogens is 356 g/mol. The first-order valence-corrected chi connectivity index (χ1v) is 9.31. The number of nitrogens with one attached hydrogen (secondary N) is 1. The van der Waals surface area contributed by atoms with Crippen molar-refractivity contribution >= 4 is 11.8 Å². The number of benzene rings is 1. The molecule has 1 aromatic heterocycles. The Morgan fingerprint density at radius 1 is 1.07 bits per heavy atom. The van der Waals surface area contributed by atoms with Gasteiger partial charge in [-0.3, -0.25) is 19.0 Å². The highest BCUT2D eigenvalue weighted by atomic mass is 16.2. The van der Waals surface area contributed by atoms with Gasteiger partial charge in [-0.2, -0.15) is 0 Å². The van der Waals surface area contributed by atoms with Crippen LogP contribution >= 0.6 is 0 Å². The monoisotopic (exact) mass is 382 g/mol. The van der Waals surface area contributed by atoms with Crippen molar-refractivity contribution in [3.63, 3.8) is 0 Å². The van der Waals surface area contributed by atoms with Crippen molar-refractivity contribution < 1.29 is 9.59 Å². The number of nitrogens with zero attached hydrogens (tertiary/aromatic N) is 2. The number of carbonyl (C=O) groups excluding carboxylic acids is 2. The second-order valence-corrected chi connectivity index (χ2v) is 8.16. The first-order valence-electron chi connectivity index (χ1n) is 9.31. The molecule has 1 fully saturated rings. The summed E-state index contributed by atoms with van der Waals surface area (Å²) >= 11 is 0. The highest BCUT2D eigenvalue weighted by Gasteiger charge is 2.37. The summed E-state index contributed by atoms with van der Waals surface area (Å²) in [5.41, 5.74) is 6.68. The zero-order valence-corrected chi connectivity index (χ0v) is 16.4. The van der Waals surface area contributed by atoms with Crippen molar-refractivity contribution in [3.05, 3.63) is 64.6 Å². The minimum absolute atomic E-state index is 0.0253. The van der Waals surface area contributed by atoms with Crippen LogP contribution in [0.1, 0.15) is 31.1 Å². The number of aromatic nitrogens is 1. The first-order chi connectivity index (χ1) is 13.2. The maximum Gasteiger partial charge on any atom is 0.255 e. The van der Waals surface area contributed by atoms with E-state index in [1.807, 2.05) is 20.8 Å². The van der Waals surface area contributed by atoms with Crippen molar-refractivity contribution in [1.82, 2.24) is 14.8 Å². The van der Waals surface area contributed by atoms with E-state index in [9.17, 15) is 14.4 Å². The molecule has 148 valence electrons. The van der Waals surface area contributed by atoms with Gasteiger partial charge < -0.3 is 16.0 Å². The largest absolute Gasteiger partial charge is 0.346 e. The third kappa shape index (κ3) is 4.14. The molecule has 2 atom stereocenters. The second-order valence-electron chi connectivity index (χ2n) is 8.16. The summed E-state index contributed by atoms with van der Waals surface area (Å²) in [4.78, 5) is 38.6. The molecule has 1 aliphatic heterocycles. The lowest BCUT2D eigenvalue weighted by Crippen LogP contribution is -2.46. The number of likely N-dealkylation sites (tertiary alicyclic amines) is 1. The van der Waals surface area contributed by atoms with Gasteiger partial charge in [-0.1, -0.05) is 26.8 Å². The zero-order chi connectivity index (χ0) is 20.5. The average molecular weight is 382 g/mol. The summed E-state index contributed by atoms with van der Waals surface area (Å²) in [5, 5.41) is 2.93. The van der Waals surface area contributed by atoms with E-state index in [0.717, 1.165) is 0 Å². The lowest BCUT2D eigenvalue weighted by atomic mass is 9.95. The van der Waals surface area contributed by atoms with Crippen LogP contribution < -0.4 is 16.6 Å². The third-order valence-electron chi connectivity index (χ3n) is 4.84. The van der Waals surface area contributed by atoms with Gasteiger partial charge in [0.15, 0.2) is 0 Å². The highest BCUT2D eigenvalue weighted by Crippen LogP contribution is 2.21. The van der Waals surface area contributed by atoms with Gasteiger partial charge in [0, 0.05) is 48.1 Å². The number of rotatable bonds is 3. The van der Waals surface area contributed by atoms with Crippen molar-refractivity contribution in [2.75, 3.05) is 13.1 Å². The molecule has 1 aliphatic rings. The number of hydrogen-bond acceptors (Lipinski definition) is 4. The van der Waals surface area contributed by atoms with Crippen LogP contribution in [0.3, 0.4) is 0 Å². The molecule has 0 aliphatic carbocycles. The van der Waals surface area contributed by atoms with Crippen LogP contribution in [0.15, 0.2) is 53.5 Å². The topological polar surface area (TPSA) is 97.4 Å². The first kappa shape index (κ1) is 19.8. The molecule has 2 amide bonds. The van der Waals surface area contributed by atoms with Crippen LogP contribution in [0.2, 0.25) is 0 Å². The van der Waals surface area contributed by atoms with Crippen LogP contribution in [0.4, 0.5) is 0 Å². The summed E-state index contributed by atoms with van der Waals surface area (Å²) in [6.45, 7) is 6.43. The molecule has 3 rings (SSSR count). The molecule has 0 saturated carbocycles. The van der Waals surface area contributed by atoms with Gasteiger partial charge in [-0.05, 0) is 30.3 Å². The maximum atomic E-state index is 12.6. The summed E-state index contributed by atoms with van der Waals surface area (Å²) in [6.07, 6.45) is 1.68. The molecule has 7 nitrogen and oxygen atoms in total. The third-order valence-corrected chi connectivity index (χ3v) is 4.84. The fourth-order valence-electron chi connectivity index (χ4n) is 3.29. The van der Waals surface area contributed by atoms with Crippen LogP contribution in [0.5, 0.6) is 0 Å². The Kier molecular flexibility index (Phi) is 5.38. The summed E-state index contributed by atoms with van der Waals surface area (Å²) in [5.74, 6) is -0.227. The number of pyridine rings is 1. The van der Waals surface area contributed by atoms with E-state index >= 15 is 0 Å². The fourth-order valence-corrected chi connectivity index (χ4v) is 3.29. The maximum absolute atomic E-state index is 12.6. The molecule has 2 heterocycles. The predicted molar refractivity (Wildman–Crippen MR) is 107 cm³/mol. The van der Waals surface area contributed by atoms with Gasteiger partial charge >= 0.3 is 0 Å². The number of carbonyl (C=O) groups is 2. The van der Waals surface area contributed by atoms with E-state index in [0.29, 0.717) is 24.3 Å². The average Bonchev–Trinajstić information content (AvgIpc) is 3.01. The quantitative estimate of drug-likeness (QED) is 0.832. The van der Waals surface area contributed by atoms with Crippen LogP contribution in [-0.2, 0) is 4.79 Å². The second kappa shape index (κ2) is 7.59. The van der Waals surface area contributed by atoms with E-state index in [4.69, 9.17) is 5.73 Å². The van der Waals surface area contributed by atoms with Crippen molar-refractivity contribution in [1.29, 1.82) is 0 Å². The molecular formula is C21H26N4O3. The molecule has 2 aromatic rings. The van der Waals surface area contributed by atoms with E-state index < -0.39 is 5.41 Å². The summed E-state index contributed by atoms with van der Waals surface area (Å²) in [7, 11) is 0. The van der Waals surface area contributed by atoms with Crippen molar-refractivity contribution in [2.45, 2.75) is 32.9 Å². The molecule has 2 unspecified atom stereocenters.